The highest BCUT2D eigenvalue weighted by atomic mass is 32.2. The number of sulfonamides is 1. The van der Waals surface area contributed by atoms with Crippen LogP contribution in [0.3, 0.4) is 0 Å². The maximum absolute atomic E-state index is 12.5. The fourth-order valence-electron chi connectivity index (χ4n) is 4.03. The molecule has 2 N–H and O–H groups in total. The molecule has 144 valence electrons. The van der Waals surface area contributed by atoms with Gasteiger partial charge in [-0.3, -0.25) is 4.68 Å². The Balaban J connectivity index is 1.57. The number of benzene rings is 1. The van der Waals surface area contributed by atoms with Crippen LogP contribution in [-0.2, 0) is 35.7 Å². The first kappa shape index (κ1) is 18.0. The van der Waals surface area contributed by atoms with Gasteiger partial charge in [-0.1, -0.05) is 6.07 Å². The van der Waals surface area contributed by atoms with E-state index in [1.165, 1.54) is 17.2 Å². The van der Waals surface area contributed by atoms with Crippen LogP contribution < -0.4 is 10.0 Å². The fraction of sp³-hybridized carbons (Fsp3) is 0.474. The van der Waals surface area contributed by atoms with E-state index in [0.717, 1.165) is 55.3 Å². The molecule has 2 amide bonds. The summed E-state index contributed by atoms with van der Waals surface area (Å²) >= 11 is 0. The number of anilines is 1. The van der Waals surface area contributed by atoms with Gasteiger partial charge < -0.3 is 5.32 Å². The number of nitrogens with one attached hydrogen (secondary N) is 2. The smallest absolute Gasteiger partial charge is 0.307 e. The first-order valence-corrected chi connectivity index (χ1v) is 10.9. The molecule has 0 radical (unpaired) electrons. The summed E-state index contributed by atoms with van der Waals surface area (Å²) in [5, 5.41) is 6.72. The number of aromatic nitrogens is 2. The SMILES string of the molecule is CC(C)n1ccc(S(=O)(=O)NC(=O)Nc2c3c(cc4c2CCC4)CCC3)n1. The van der Waals surface area contributed by atoms with Gasteiger partial charge in [0, 0.05) is 17.9 Å². The Hall–Kier alpha value is -2.35. The van der Waals surface area contributed by atoms with E-state index in [1.54, 1.807) is 10.9 Å². The quantitative estimate of drug-likeness (QED) is 0.842. The molecule has 0 atom stereocenters. The lowest BCUT2D eigenvalue weighted by molar-refractivity contribution is 0.256. The third kappa shape index (κ3) is 3.34. The van der Waals surface area contributed by atoms with E-state index in [2.05, 4.69) is 21.2 Å². The molecule has 4 rings (SSSR count). The molecule has 0 saturated heterocycles. The minimum Gasteiger partial charge on any atom is -0.307 e. The third-order valence-corrected chi connectivity index (χ3v) is 6.55. The molecule has 0 unspecified atom stereocenters. The van der Waals surface area contributed by atoms with Crippen molar-refractivity contribution in [2.45, 2.75) is 63.4 Å². The molecular formula is C19H24N4O3S. The van der Waals surface area contributed by atoms with Crippen molar-refractivity contribution in [1.82, 2.24) is 14.5 Å². The lowest BCUT2D eigenvalue weighted by Gasteiger charge is -2.16. The van der Waals surface area contributed by atoms with E-state index in [0.29, 0.717) is 0 Å². The van der Waals surface area contributed by atoms with Crippen LogP contribution in [0.25, 0.3) is 0 Å². The fourth-order valence-corrected chi connectivity index (χ4v) is 4.87. The molecule has 8 heteroatoms. The van der Waals surface area contributed by atoms with Crippen LogP contribution in [0.1, 0.15) is 55.0 Å². The Labute approximate surface area is 159 Å². The number of rotatable bonds is 4. The van der Waals surface area contributed by atoms with Gasteiger partial charge in [0.25, 0.3) is 10.0 Å². The molecule has 27 heavy (non-hydrogen) atoms. The molecule has 1 aromatic heterocycles. The van der Waals surface area contributed by atoms with Crippen LogP contribution >= 0.6 is 0 Å². The summed E-state index contributed by atoms with van der Waals surface area (Å²) in [5.41, 5.74) is 5.70. The highest BCUT2D eigenvalue weighted by molar-refractivity contribution is 7.90. The van der Waals surface area contributed by atoms with Crippen molar-refractivity contribution in [3.63, 3.8) is 0 Å². The van der Waals surface area contributed by atoms with Crippen LogP contribution in [0.15, 0.2) is 23.4 Å². The average Bonchev–Trinajstić information content (AvgIpc) is 3.34. The van der Waals surface area contributed by atoms with Gasteiger partial charge in [0.15, 0.2) is 5.03 Å². The summed E-state index contributed by atoms with van der Waals surface area (Å²) in [6.07, 6.45) is 7.61. The van der Waals surface area contributed by atoms with Crippen molar-refractivity contribution in [3.05, 3.63) is 40.6 Å². The Kier molecular flexibility index (Phi) is 4.46. The van der Waals surface area contributed by atoms with E-state index >= 15 is 0 Å². The van der Waals surface area contributed by atoms with E-state index in [-0.39, 0.29) is 11.1 Å². The first-order chi connectivity index (χ1) is 12.8. The van der Waals surface area contributed by atoms with E-state index in [1.807, 2.05) is 13.8 Å². The number of urea groups is 1. The Morgan fingerprint density at radius 3 is 2.30 bits per heavy atom. The number of nitrogens with zero attached hydrogens (tertiary/aromatic N) is 2. The monoisotopic (exact) mass is 388 g/mol. The zero-order chi connectivity index (χ0) is 19.2. The Morgan fingerprint density at radius 1 is 1.11 bits per heavy atom. The highest BCUT2D eigenvalue weighted by Gasteiger charge is 2.27. The van der Waals surface area contributed by atoms with Crippen molar-refractivity contribution >= 4 is 21.7 Å². The number of amides is 2. The normalized spacial score (nSPS) is 15.7. The molecule has 2 aliphatic rings. The van der Waals surface area contributed by atoms with Crippen molar-refractivity contribution < 1.29 is 13.2 Å². The maximum Gasteiger partial charge on any atom is 0.333 e. The Bertz CT molecular complexity index is 976. The first-order valence-electron chi connectivity index (χ1n) is 9.40. The predicted molar refractivity (Wildman–Crippen MR) is 102 cm³/mol. The second-order valence-electron chi connectivity index (χ2n) is 7.52. The average molecular weight is 388 g/mol. The molecule has 0 fully saturated rings. The van der Waals surface area contributed by atoms with E-state index in [9.17, 15) is 13.2 Å². The molecule has 1 aromatic carbocycles. The molecule has 0 spiro atoms. The van der Waals surface area contributed by atoms with Crippen LogP contribution in [-0.4, -0.2) is 24.2 Å². The lowest BCUT2D eigenvalue weighted by Crippen LogP contribution is -2.35. The number of hydrogen-bond acceptors (Lipinski definition) is 4. The minimum atomic E-state index is -4.01. The summed E-state index contributed by atoms with van der Waals surface area (Å²) in [6.45, 7) is 3.81. The van der Waals surface area contributed by atoms with Crippen LogP contribution in [0.5, 0.6) is 0 Å². The van der Waals surface area contributed by atoms with Gasteiger partial charge in [0.05, 0.1) is 0 Å². The molecule has 0 saturated carbocycles. The summed E-state index contributed by atoms with van der Waals surface area (Å²) in [4.78, 5) is 12.5. The molecule has 7 nitrogen and oxygen atoms in total. The third-order valence-electron chi connectivity index (χ3n) is 5.33. The summed E-state index contributed by atoms with van der Waals surface area (Å²) < 4.78 is 28.6. The van der Waals surface area contributed by atoms with Crippen LogP contribution in [0.4, 0.5) is 10.5 Å². The molecule has 2 aromatic rings. The molecule has 0 aliphatic heterocycles. The van der Waals surface area contributed by atoms with Crippen molar-refractivity contribution in [1.29, 1.82) is 0 Å². The van der Waals surface area contributed by atoms with Gasteiger partial charge in [0.1, 0.15) is 0 Å². The van der Waals surface area contributed by atoms with Crippen molar-refractivity contribution in [3.8, 4) is 0 Å². The molecule has 2 aliphatic carbocycles. The van der Waals surface area contributed by atoms with Crippen molar-refractivity contribution in [2.24, 2.45) is 0 Å². The van der Waals surface area contributed by atoms with Gasteiger partial charge in [0.2, 0.25) is 0 Å². The molecule has 1 heterocycles. The number of hydrogen-bond donors (Lipinski definition) is 2. The van der Waals surface area contributed by atoms with E-state index in [4.69, 9.17) is 0 Å². The second-order valence-corrected chi connectivity index (χ2v) is 9.15. The molecule has 0 bridgehead atoms. The molecular weight excluding hydrogens is 364 g/mol. The van der Waals surface area contributed by atoms with Gasteiger partial charge in [-0.25, -0.2) is 9.52 Å². The summed E-state index contributed by atoms with van der Waals surface area (Å²) in [5.74, 6) is 0. The summed E-state index contributed by atoms with van der Waals surface area (Å²) in [7, 11) is -4.01. The van der Waals surface area contributed by atoms with Gasteiger partial charge >= 0.3 is 6.03 Å². The lowest BCUT2D eigenvalue weighted by atomic mass is 9.99. The number of aryl methyl sites for hydroxylation is 2. The topological polar surface area (TPSA) is 93.1 Å². The Morgan fingerprint density at radius 2 is 1.74 bits per heavy atom. The number of fused-ring (bicyclic) bond motifs is 2. The number of carbonyl (C=O) groups excluding carboxylic acids is 1. The summed E-state index contributed by atoms with van der Waals surface area (Å²) in [6, 6.07) is 2.97. The van der Waals surface area contributed by atoms with Gasteiger partial charge in [-0.05, 0) is 80.7 Å². The predicted octanol–water partition coefficient (Wildman–Crippen LogP) is 2.95. The largest absolute Gasteiger partial charge is 0.333 e. The van der Waals surface area contributed by atoms with Crippen LogP contribution in [0.2, 0.25) is 0 Å². The van der Waals surface area contributed by atoms with Gasteiger partial charge in [-0.15, -0.1) is 0 Å². The zero-order valence-electron chi connectivity index (χ0n) is 15.6. The standard InChI is InChI=1S/C19H24N4O3S/c1-12(2)23-10-9-17(21-23)27(25,26)22-19(24)20-18-15-7-3-5-13(15)11-14-6-4-8-16(14)18/h9-12H,3-8H2,1-2H3,(H2,20,22,24). The van der Waals surface area contributed by atoms with Crippen LogP contribution in [0, 0.1) is 0 Å². The minimum absolute atomic E-state index is 0.0391. The number of carbonyl (C=O) groups is 1. The second kappa shape index (κ2) is 6.67. The van der Waals surface area contributed by atoms with Crippen molar-refractivity contribution in [2.75, 3.05) is 5.32 Å². The zero-order valence-corrected chi connectivity index (χ0v) is 16.4. The highest BCUT2D eigenvalue weighted by Crippen LogP contribution is 2.38. The van der Waals surface area contributed by atoms with E-state index < -0.39 is 16.1 Å². The van der Waals surface area contributed by atoms with Gasteiger partial charge in [-0.2, -0.15) is 13.5 Å². The maximum atomic E-state index is 12.5.